The Labute approximate surface area is 199 Å². The molecule has 8 heteroatoms. The highest BCUT2D eigenvalue weighted by molar-refractivity contribution is 6.05. The zero-order valence-corrected chi connectivity index (χ0v) is 19.1. The molecule has 0 aliphatic rings. The van der Waals surface area contributed by atoms with Gasteiger partial charge in [0.1, 0.15) is 22.5 Å². The molecular formula is C27H20N6O2. The Kier molecular flexibility index (Phi) is 4.84. The van der Waals surface area contributed by atoms with Crippen LogP contribution in [0.5, 0.6) is 5.75 Å². The topological polar surface area (TPSA) is 87.2 Å². The SMILES string of the molecule is COc1cccc(/C=N/n2c3nc4ccccc4nc3c3c(=O)n(-c4ccccc4)c(C)nc32)c1. The molecule has 0 N–H and O–H groups in total. The summed E-state index contributed by atoms with van der Waals surface area (Å²) in [5.74, 6) is 1.26. The largest absolute Gasteiger partial charge is 0.497 e. The molecule has 0 saturated carbocycles. The standard InChI is InChI=1S/C27H20N6O2/c1-17-29-25-23(27(34)32(17)19-10-4-3-5-11-19)24-26(31-22-14-7-6-13-21(22)30-24)33(25)28-16-18-9-8-12-20(15-18)35-2/h3-16H,1-2H3/b28-16+. The lowest BCUT2D eigenvalue weighted by Crippen LogP contribution is -2.22. The smallest absolute Gasteiger partial charge is 0.269 e. The van der Waals surface area contributed by atoms with E-state index in [9.17, 15) is 4.79 Å². The first kappa shape index (κ1) is 20.7. The number of methoxy groups -OCH3 is 1. The van der Waals surface area contributed by atoms with Gasteiger partial charge in [-0.25, -0.2) is 15.0 Å². The summed E-state index contributed by atoms with van der Waals surface area (Å²) >= 11 is 0. The number of benzene rings is 3. The van der Waals surface area contributed by atoms with E-state index in [1.165, 1.54) is 0 Å². The van der Waals surface area contributed by atoms with Gasteiger partial charge in [-0.2, -0.15) is 9.78 Å². The second kappa shape index (κ2) is 8.18. The van der Waals surface area contributed by atoms with Crippen LogP contribution in [0.25, 0.3) is 38.9 Å². The van der Waals surface area contributed by atoms with Crippen LogP contribution in [0.4, 0.5) is 0 Å². The summed E-state index contributed by atoms with van der Waals surface area (Å²) in [6, 6.07) is 24.6. The lowest BCUT2D eigenvalue weighted by Gasteiger charge is -2.09. The van der Waals surface area contributed by atoms with Crippen molar-refractivity contribution in [3.63, 3.8) is 0 Å². The molecule has 3 aromatic carbocycles. The van der Waals surface area contributed by atoms with Crippen molar-refractivity contribution < 1.29 is 4.74 Å². The number of rotatable bonds is 4. The number of para-hydroxylation sites is 3. The van der Waals surface area contributed by atoms with Crippen LogP contribution in [0.1, 0.15) is 11.4 Å². The van der Waals surface area contributed by atoms with E-state index in [0.717, 1.165) is 17.0 Å². The van der Waals surface area contributed by atoms with E-state index >= 15 is 0 Å². The van der Waals surface area contributed by atoms with E-state index in [2.05, 4.69) is 5.10 Å². The van der Waals surface area contributed by atoms with E-state index in [4.69, 9.17) is 19.7 Å². The average Bonchev–Trinajstić information content (AvgIpc) is 3.19. The van der Waals surface area contributed by atoms with E-state index in [1.54, 1.807) is 29.5 Å². The van der Waals surface area contributed by atoms with Crippen molar-refractivity contribution in [1.29, 1.82) is 0 Å². The molecule has 0 aliphatic heterocycles. The molecule has 3 heterocycles. The molecule has 3 aromatic heterocycles. The summed E-state index contributed by atoms with van der Waals surface area (Å²) < 4.78 is 8.50. The molecule has 0 radical (unpaired) electrons. The number of aryl methyl sites for hydroxylation is 1. The van der Waals surface area contributed by atoms with Gasteiger partial charge in [0.15, 0.2) is 11.3 Å². The number of ether oxygens (including phenoxy) is 1. The fraction of sp³-hybridized carbons (Fsp3) is 0.0741. The first-order valence-electron chi connectivity index (χ1n) is 11.1. The minimum atomic E-state index is -0.219. The minimum absolute atomic E-state index is 0.219. The average molecular weight is 460 g/mol. The van der Waals surface area contributed by atoms with Crippen LogP contribution < -0.4 is 10.3 Å². The van der Waals surface area contributed by atoms with Crippen LogP contribution in [-0.4, -0.2) is 37.5 Å². The van der Waals surface area contributed by atoms with Gasteiger partial charge in [0, 0.05) is 0 Å². The van der Waals surface area contributed by atoms with Gasteiger partial charge in [0.05, 0.1) is 30.0 Å². The third kappa shape index (κ3) is 3.43. The highest BCUT2D eigenvalue weighted by Crippen LogP contribution is 2.26. The molecule has 0 bridgehead atoms. The third-order valence-electron chi connectivity index (χ3n) is 5.85. The molecular weight excluding hydrogens is 440 g/mol. The predicted molar refractivity (Wildman–Crippen MR) is 137 cm³/mol. The Bertz CT molecular complexity index is 1820. The first-order chi connectivity index (χ1) is 17.1. The van der Waals surface area contributed by atoms with Crippen LogP contribution in [0.2, 0.25) is 0 Å². The molecule has 35 heavy (non-hydrogen) atoms. The summed E-state index contributed by atoms with van der Waals surface area (Å²) in [4.78, 5) is 28.2. The van der Waals surface area contributed by atoms with Gasteiger partial charge in [-0.15, -0.1) is 0 Å². The molecule has 0 saturated heterocycles. The monoisotopic (exact) mass is 460 g/mol. The van der Waals surface area contributed by atoms with E-state index in [-0.39, 0.29) is 5.56 Å². The zero-order valence-electron chi connectivity index (χ0n) is 19.1. The molecule has 0 unspecified atom stereocenters. The number of hydrogen-bond donors (Lipinski definition) is 0. The summed E-state index contributed by atoms with van der Waals surface area (Å²) in [5, 5.41) is 5.05. The molecule has 6 aromatic rings. The van der Waals surface area contributed by atoms with Crippen molar-refractivity contribution in [3.05, 3.63) is 101 Å². The molecule has 6 rings (SSSR count). The van der Waals surface area contributed by atoms with Crippen molar-refractivity contribution in [2.45, 2.75) is 6.92 Å². The number of fused-ring (bicyclic) bond motifs is 4. The van der Waals surface area contributed by atoms with Gasteiger partial charge in [0.2, 0.25) is 0 Å². The molecule has 0 amide bonds. The minimum Gasteiger partial charge on any atom is -0.497 e. The van der Waals surface area contributed by atoms with E-state index in [1.807, 2.05) is 78.9 Å². The summed E-state index contributed by atoms with van der Waals surface area (Å²) in [6.07, 6.45) is 1.69. The van der Waals surface area contributed by atoms with Gasteiger partial charge in [-0.05, 0) is 48.9 Å². The molecule has 0 aliphatic carbocycles. The van der Waals surface area contributed by atoms with E-state index < -0.39 is 0 Å². The fourth-order valence-corrected chi connectivity index (χ4v) is 4.22. The van der Waals surface area contributed by atoms with Crippen LogP contribution in [-0.2, 0) is 0 Å². The van der Waals surface area contributed by atoms with Crippen molar-refractivity contribution in [2.24, 2.45) is 5.10 Å². The Balaban J connectivity index is 1.69. The third-order valence-corrected chi connectivity index (χ3v) is 5.85. The summed E-state index contributed by atoms with van der Waals surface area (Å²) in [6.45, 7) is 1.80. The van der Waals surface area contributed by atoms with Crippen molar-refractivity contribution in [1.82, 2.24) is 24.2 Å². The Morgan fingerprint density at radius 1 is 0.857 bits per heavy atom. The van der Waals surface area contributed by atoms with Crippen LogP contribution in [0.3, 0.4) is 0 Å². The van der Waals surface area contributed by atoms with Gasteiger partial charge in [-0.3, -0.25) is 9.36 Å². The maximum absolute atomic E-state index is 13.8. The summed E-state index contributed by atoms with van der Waals surface area (Å²) in [7, 11) is 1.62. The molecule has 0 fully saturated rings. The van der Waals surface area contributed by atoms with E-state index in [0.29, 0.717) is 39.1 Å². The number of aromatic nitrogens is 5. The van der Waals surface area contributed by atoms with Crippen molar-refractivity contribution >= 4 is 39.4 Å². The molecule has 0 atom stereocenters. The quantitative estimate of drug-likeness (QED) is 0.362. The summed E-state index contributed by atoms with van der Waals surface area (Å²) in [5.41, 5.74) is 4.09. The maximum Gasteiger partial charge on any atom is 0.269 e. The zero-order chi connectivity index (χ0) is 23.9. The van der Waals surface area contributed by atoms with Crippen molar-refractivity contribution in [3.8, 4) is 11.4 Å². The Hall–Kier alpha value is -4.85. The lowest BCUT2D eigenvalue weighted by molar-refractivity contribution is 0.415. The van der Waals surface area contributed by atoms with Crippen molar-refractivity contribution in [2.75, 3.05) is 7.11 Å². The van der Waals surface area contributed by atoms with Crippen LogP contribution in [0.15, 0.2) is 88.8 Å². The highest BCUT2D eigenvalue weighted by Gasteiger charge is 2.21. The number of hydrogen-bond acceptors (Lipinski definition) is 6. The second-order valence-corrected chi connectivity index (χ2v) is 8.05. The highest BCUT2D eigenvalue weighted by atomic mass is 16.5. The Morgan fingerprint density at radius 2 is 1.60 bits per heavy atom. The predicted octanol–water partition coefficient (Wildman–Crippen LogP) is 4.48. The number of nitrogens with zero attached hydrogens (tertiary/aromatic N) is 6. The molecule has 8 nitrogen and oxygen atoms in total. The fourth-order valence-electron chi connectivity index (χ4n) is 4.22. The maximum atomic E-state index is 13.8. The van der Waals surface area contributed by atoms with Gasteiger partial charge < -0.3 is 4.74 Å². The van der Waals surface area contributed by atoms with Crippen LogP contribution in [0, 0.1) is 6.92 Å². The van der Waals surface area contributed by atoms with Gasteiger partial charge in [-0.1, -0.05) is 42.5 Å². The van der Waals surface area contributed by atoms with Gasteiger partial charge >= 0.3 is 0 Å². The van der Waals surface area contributed by atoms with Crippen LogP contribution >= 0.6 is 0 Å². The van der Waals surface area contributed by atoms with Gasteiger partial charge in [0.25, 0.3) is 5.56 Å². The second-order valence-electron chi connectivity index (χ2n) is 8.05. The lowest BCUT2D eigenvalue weighted by atomic mass is 10.2. The molecule has 0 spiro atoms. The first-order valence-corrected chi connectivity index (χ1v) is 11.1. The Morgan fingerprint density at radius 3 is 2.37 bits per heavy atom. The normalized spacial score (nSPS) is 11.7. The molecule has 170 valence electrons.